The Morgan fingerprint density at radius 1 is 1.04 bits per heavy atom. The molecule has 0 amide bonds. The van der Waals surface area contributed by atoms with Gasteiger partial charge in [-0.05, 0) is 55.8 Å². The highest BCUT2D eigenvalue weighted by Crippen LogP contribution is 2.25. The fraction of sp³-hybridized carbons (Fsp3) is 0.381. The van der Waals surface area contributed by atoms with Crippen LogP contribution in [0.4, 0.5) is 0 Å². The number of rotatable bonds is 8. The zero-order valence-electron chi connectivity index (χ0n) is 15.1. The van der Waals surface area contributed by atoms with Crippen molar-refractivity contribution >= 4 is 5.97 Å². The summed E-state index contributed by atoms with van der Waals surface area (Å²) in [6.07, 6.45) is 2.49. The van der Waals surface area contributed by atoms with Crippen LogP contribution >= 0.6 is 0 Å². The molecule has 2 aromatic carbocycles. The lowest BCUT2D eigenvalue weighted by molar-refractivity contribution is -0.140. The van der Waals surface area contributed by atoms with E-state index >= 15 is 0 Å². The van der Waals surface area contributed by atoms with Gasteiger partial charge in [-0.25, -0.2) is 0 Å². The number of likely N-dealkylation sites (tertiary alicyclic amines) is 1. The predicted octanol–water partition coefficient (Wildman–Crippen LogP) is 3.89. The van der Waals surface area contributed by atoms with E-state index in [0.717, 1.165) is 49.7 Å². The van der Waals surface area contributed by atoms with Gasteiger partial charge in [0.2, 0.25) is 0 Å². The second-order valence-electron chi connectivity index (χ2n) is 6.40. The first-order chi connectivity index (χ1) is 12.7. The molecule has 0 spiro atoms. The summed E-state index contributed by atoms with van der Waals surface area (Å²) in [7, 11) is 1.43. The number of ether oxygens (including phenoxy) is 3. The highest BCUT2D eigenvalue weighted by atomic mass is 16.5. The van der Waals surface area contributed by atoms with E-state index in [-0.39, 0.29) is 12.1 Å². The number of hydrogen-bond donors (Lipinski definition) is 0. The van der Waals surface area contributed by atoms with Gasteiger partial charge in [0, 0.05) is 19.5 Å². The zero-order valence-corrected chi connectivity index (χ0v) is 15.1. The average molecular weight is 355 g/mol. The van der Waals surface area contributed by atoms with Crippen LogP contribution in [0.1, 0.15) is 19.3 Å². The zero-order chi connectivity index (χ0) is 18.2. The summed E-state index contributed by atoms with van der Waals surface area (Å²) in [5, 5.41) is 0. The molecule has 0 bridgehead atoms. The lowest BCUT2D eigenvalue weighted by atomic mass is 10.3. The molecule has 2 aromatic rings. The van der Waals surface area contributed by atoms with Crippen LogP contribution in [0.2, 0.25) is 0 Å². The number of methoxy groups -OCH3 is 1. The number of esters is 1. The Labute approximate surface area is 154 Å². The molecule has 0 saturated carbocycles. The molecule has 1 saturated heterocycles. The predicted molar refractivity (Wildman–Crippen MR) is 99.7 cm³/mol. The van der Waals surface area contributed by atoms with Crippen molar-refractivity contribution in [2.24, 2.45) is 0 Å². The molecule has 1 heterocycles. The Balaban J connectivity index is 1.42. The summed E-state index contributed by atoms with van der Waals surface area (Å²) >= 11 is 0. The number of benzene rings is 2. The Hall–Kier alpha value is -2.53. The minimum Gasteiger partial charge on any atom is -0.489 e. The molecule has 5 nitrogen and oxygen atoms in total. The maximum absolute atomic E-state index is 11.2. The van der Waals surface area contributed by atoms with Crippen LogP contribution in [0.25, 0.3) is 0 Å². The Morgan fingerprint density at radius 2 is 1.73 bits per heavy atom. The number of carbonyl (C=O) groups excluding carboxylic acids is 1. The summed E-state index contributed by atoms with van der Waals surface area (Å²) < 4.78 is 16.5. The minimum absolute atomic E-state index is 0.144. The maximum atomic E-state index is 11.2. The van der Waals surface area contributed by atoms with Crippen LogP contribution < -0.4 is 9.47 Å². The quantitative estimate of drug-likeness (QED) is 0.673. The fourth-order valence-corrected chi connectivity index (χ4v) is 3.05. The molecule has 138 valence electrons. The molecule has 0 aliphatic carbocycles. The molecule has 0 radical (unpaired) electrons. The van der Waals surface area contributed by atoms with E-state index in [1.54, 1.807) is 0 Å². The van der Waals surface area contributed by atoms with E-state index in [1.807, 2.05) is 54.6 Å². The van der Waals surface area contributed by atoms with Crippen molar-refractivity contribution in [1.29, 1.82) is 0 Å². The van der Waals surface area contributed by atoms with Gasteiger partial charge in [-0.15, -0.1) is 0 Å². The summed E-state index contributed by atoms with van der Waals surface area (Å²) in [5.74, 6) is 2.32. The Kier molecular flexibility index (Phi) is 6.50. The molecule has 1 atom stereocenters. The van der Waals surface area contributed by atoms with Crippen LogP contribution in [0, 0.1) is 0 Å². The van der Waals surface area contributed by atoms with E-state index in [9.17, 15) is 4.79 Å². The third kappa shape index (κ3) is 5.49. The van der Waals surface area contributed by atoms with Crippen molar-refractivity contribution in [3.05, 3.63) is 54.6 Å². The minimum atomic E-state index is -0.144. The smallest absolute Gasteiger partial charge is 0.305 e. The van der Waals surface area contributed by atoms with Crippen LogP contribution in [0.3, 0.4) is 0 Å². The molecule has 1 fully saturated rings. The monoisotopic (exact) mass is 355 g/mol. The summed E-state index contributed by atoms with van der Waals surface area (Å²) in [5.41, 5.74) is 0. The second-order valence-corrected chi connectivity index (χ2v) is 6.40. The van der Waals surface area contributed by atoms with Gasteiger partial charge in [0.05, 0.1) is 7.11 Å². The first kappa shape index (κ1) is 18.3. The molecule has 1 aliphatic rings. The summed E-state index contributed by atoms with van der Waals surface area (Å²) in [6.45, 7) is 2.79. The van der Waals surface area contributed by atoms with Crippen LogP contribution in [-0.2, 0) is 9.53 Å². The van der Waals surface area contributed by atoms with Gasteiger partial charge in [-0.2, -0.15) is 0 Å². The molecule has 1 aliphatic heterocycles. The Bertz CT molecular complexity index is 687. The maximum Gasteiger partial charge on any atom is 0.305 e. The van der Waals surface area contributed by atoms with Gasteiger partial charge >= 0.3 is 5.97 Å². The van der Waals surface area contributed by atoms with Crippen molar-refractivity contribution in [3.8, 4) is 17.2 Å². The first-order valence-electron chi connectivity index (χ1n) is 9.02. The first-order valence-corrected chi connectivity index (χ1v) is 9.02. The molecule has 26 heavy (non-hydrogen) atoms. The summed E-state index contributed by atoms with van der Waals surface area (Å²) in [4.78, 5) is 13.5. The van der Waals surface area contributed by atoms with Gasteiger partial charge in [-0.1, -0.05) is 18.2 Å². The third-order valence-corrected chi connectivity index (χ3v) is 4.42. The number of carbonyl (C=O) groups is 1. The van der Waals surface area contributed by atoms with Crippen molar-refractivity contribution in [3.63, 3.8) is 0 Å². The molecular formula is C21H25NO4. The van der Waals surface area contributed by atoms with Gasteiger partial charge in [0.25, 0.3) is 0 Å². The molecule has 5 heteroatoms. The molecule has 0 N–H and O–H groups in total. The van der Waals surface area contributed by atoms with Crippen molar-refractivity contribution < 1.29 is 19.0 Å². The van der Waals surface area contributed by atoms with Gasteiger partial charge < -0.3 is 14.2 Å². The standard InChI is InChI=1S/C21H25NO4/c1-24-21(23)8-5-14-22-15-13-20(16-22)26-19-11-9-18(10-12-19)25-17-6-3-2-4-7-17/h2-4,6-7,9-12,20H,5,8,13-16H2,1H3. The van der Waals surface area contributed by atoms with E-state index in [1.165, 1.54) is 7.11 Å². The van der Waals surface area contributed by atoms with E-state index in [0.29, 0.717) is 6.42 Å². The number of hydrogen-bond acceptors (Lipinski definition) is 5. The Morgan fingerprint density at radius 3 is 2.46 bits per heavy atom. The average Bonchev–Trinajstić information content (AvgIpc) is 3.11. The van der Waals surface area contributed by atoms with Crippen LogP contribution in [-0.4, -0.2) is 43.7 Å². The van der Waals surface area contributed by atoms with Crippen molar-refractivity contribution in [2.75, 3.05) is 26.7 Å². The van der Waals surface area contributed by atoms with Gasteiger partial charge in [0.1, 0.15) is 23.4 Å². The summed E-state index contributed by atoms with van der Waals surface area (Å²) in [6, 6.07) is 17.4. The molecule has 1 unspecified atom stereocenters. The molecular weight excluding hydrogens is 330 g/mol. The fourth-order valence-electron chi connectivity index (χ4n) is 3.05. The van der Waals surface area contributed by atoms with Gasteiger partial charge in [0.15, 0.2) is 0 Å². The largest absolute Gasteiger partial charge is 0.489 e. The normalized spacial score (nSPS) is 17.0. The molecule has 3 rings (SSSR count). The second kappa shape index (κ2) is 9.25. The number of nitrogens with zero attached hydrogens (tertiary/aromatic N) is 1. The van der Waals surface area contributed by atoms with Crippen molar-refractivity contribution in [2.45, 2.75) is 25.4 Å². The lowest BCUT2D eigenvalue weighted by Crippen LogP contribution is -2.26. The van der Waals surface area contributed by atoms with Crippen molar-refractivity contribution in [1.82, 2.24) is 4.90 Å². The van der Waals surface area contributed by atoms with Crippen LogP contribution in [0.15, 0.2) is 54.6 Å². The van der Waals surface area contributed by atoms with E-state index in [4.69, 9.17) is 9.47 Å². The number of para-hydroxylation sites is 1. The highest BCUT2D eigenvalue weighted by molar-refractivity contribution is 5.69. The topological polar surface area (TPSA) is 48.0 Å². The SMILES string of the molecule is COC(=O)CCCN1CCC(Oc2ccc(Oc3ccccc3)cc2)C1. The van der Waals surface area contributed by atoms with E-state index < -0.39 is 0 Å². The lowest BCUT2D eigenvalue weighted by Gasteiger charge is -2.17. The van der Waals surface area contributed by atoms with E-state index in [2.05, 4.69) is 9.64 Å². The highest BCUT2D eigenvalue weighted by Gasteiger charge is 2.23. The third-order valence-electron chi connectivity index (χ3n) is 4.42. The van der Waals surface area contributed by atoms with Gasteiger partial charge in [-0.3, -0.25) is 9.69 Å². The molecule has 0 aromatic heterocycles. The van der Waals surface area contributed by atoms with Crippen LogP contribution in [0.5, 0.6) is 17.2 Å².